The van der Waals surface area contributed by atoms with Gasteiger partial charge in [-0.1, -0.05) is 63.4 Å². The van der Waals surface area contributed by atoms with Gasteiger partial charge in [0.05, 0.1) is 5.69 Å². The first-order valence-corrected chi connectivity index (χ1v) is 15.0. The number of hydrogen-bond donors (Lipinski definition) is 0. The molecule has 1 aliphatic carbocycles. The summed E-state index contributed by atoms with van der Waals surface area (Å²) < 4.78 is 6.24. The number of piperazine rings is 1. The fourth-order valence-electron chi connectivity index (χ4n) is 6.57. The van der Waals surface area contributed by atoms with Crippen LogP contribution in [0.4, 0.5) is 5.82 Å². The van der Waals surface area contributed by atoms with Crippen LogP contribution in [0.1, 0.15) is 55.5 Å². The molecule has 1 fully saturated rings. The molecule has 2 aliphatic rings. The third-order valence-electron chi connectivity index (χ3n) is 8.88. The summed E-state index contributed by atoms with van der Waals surface area (Å²) in [6.07, 6.45) is 4.84. The van der Waals surface area contributed by atoms with Gasteiger partial charge in [0.15, 0.2) is 0 Å². The Hall–Kier alpha value is -3.38. The molecule has 0 N–H and O–H groups in total. The summed E-state index contributed by atoms with van der Waals surface area (Å²) in [6, 6.07) is 14.2. The number of benzene rings is 2. The van der Waals surface area contributed by atoms with Crippen molar-refractivity contribution in [3.05, 3.63) is 83.7 Å². The van der Waals surface area contributed by atoms with Crippen LogP contribution in [0, 0.1) is 6.92 Å². The molecule has 3 aromatic rings. The van der Waals surface area contributed by atoms with Gasteiger partial charge in [0, 0.05) is 43.5 Å². The number of aryl methyl sites for hydroxylation is 1. The lowest BCUT2D eigenvalue weighted by molar-refractivity contribution is 0.211. The second kappa shape index (κ2) is 12.4. The maximum absolute atomic E-state index is 6.24. The van der Waals surface area contributed by atoms with E-state index in [0.29, 0.717) is 24.6 Å². The van der Waals surface area contributed by atoms with Crippen molar-refractivity contribution in [2.75, 3.05) is 50.8 Å². The molecule has 0 saturated carbocycles. The minimum atomic E-state index is 0.326. The topological polar surface area (TPSA) is 44.7 Å². The molecule has 0 radical (unpaired) electrons. The number of likely N-dealkylation sites (N-methyl/N-ethyl adjacent to an activating group) is 1. The van der Waals surface area contributed by atoms with Gasteiger partial charge in [0.25, 0.3) is 0 Å². The molecule has 6 nitrogen and oxygen atoms in total. The van der Waals surface area contributed by atoms with Crippen molar-refractivity contribution in [2.45, 2.75) is 58.9 Å². The molecule has 2 atom stereocenters. The lowest BCUT2D eigenvalue weighted by Crippen LogP contribution is -2.51. The van der Waals surface area contributed by atoms with Crippen LogP contribution < -0.4 is 9.64 Å². The second-order valence-electron chi connectivity index (χ2n) is 11.3. The van der Waals surface area contributed by atoms with Crippen molar-refractivity contribution < 1.29 is 4.74 Å². The minimum absolute atomic E-state index is 0.326. The highest BCUT2D eigenvalue weighted by Gasteiger charge is 2.31. The summed E-state index contributed by atoms with van der Waals surface area (Å²) in [4.78, 5) is 17.3. The van der Waals surface area contributed by atoms with Gasteiger partial charge in [-0.05, 0) is 80.1 Å². The summed E-state index contributed by atoms with van der Waals surface area (Å²) in [5, 5.41) is 2.72. The summed E-state index contributed by atoms with van der Waals surface area (Å²) in [5.74, 6) is 1.49. The molecule has 212 valence electrons. The molecule has 5 rings (SSSR count). The number of fused-ring (bicyclic) bond motifs is 2. The molecule has 1 unspecified atom stereocenters. The standard InChI is InChI=1S/C34H45N5O/c1-7-25(5)39-19-18-38(23-26(39)6)33-30-17-16-28(29-15-11-14-27-13-10-12-24(4)32(27)29)22-31(30)35-34(36-33)40-21-20-37(8-2)9-3/h7,10-15,26,28H,1,5,8-9,16-23H2,2-4,6H3/t26-,28?/m0/s1. The zero-order valence-electron chi connectivity index (χ0n) is 24.8. The van der Waals surface area contributed by atoms with Gasteiger partial charge in [0.2, 0.25) is 0 Å². The molecule has 1 saturated heterocycles. The Morgan fingerprint density at radius 3 is 2.62 bits per heavy atom. The van der Waals surface area contributed by atoms with E-state index < -0.39 is 0 Å². The van der Waals surface area contributed by atoms with Crippen molar-refractivity contribution in [2.24, 2.45) is 0 Å². The molecular weight excluding hydrogens is 494 g/mol. The van der Waals surface area contributed by atoms with Gasteiger partial charge in [-0.15, -0.1) is 0 Å². The van der Waals surface area contributed by atoms with Crippen molar-refractivity contribution in [1.82, 2.24) is 19.8 Å². The molecule has 6 heteroatoms. The highest BCUT2D eigenvalue weighted by molar-refractivity contribution is 5.89. The molecule has 2 heterocycles. The molecular formula is C34H45N5O. The zero-order valence-corrected chi connectivity index (χ0v) is 24.8. The Balaban J connectivity index is 1.46. The smallest absolute Gasteiger partial charge is 0.318 e. The molecule has 40 heavy (non-hydrogen) atoms. The Kier molecular flexibility index (Phi) is 8.75. The van der Waals surface area contributed by atoms with E-state index >= 15 is 0 Å². The molecule has 2 aromatic carbocycles. The fraction of sp³-hybridized carbons (Fsp3) is 0.471. The van der Waals surface area contributed by atoms with Gasteiger partial charge >= 0.3 is 6.01 Å². The lowest BCUT2D eigenvalue weighted by atomic mass is 9.80. The molecule has 1 aliphatic heterocycles. The van der Waals surface area contributed by atoms with E-state index in [9.17, 15) is 0 Å². The van der Waals surface area contributed by atoms with Crippen LogP contribution in [-0.2, 0) is 12.8 Å². The van der Waals surface area contributed by atoms with Crippen LogP contribution in [0.3, 0.4) is 0 Å². The summed E-state index contributed by atoms with van der Waals surface area (Å²) in [7, 11) is 0. The first kappa shape index (κ1) is 28.2. The maximum atomic E-state index is 6.24. The molecule has 0 amide bonds. The quantitative estimate of drug-likeness (QED) is 0.288. The van der Waals surface area contributed by atoms with Crippen LogP contribution in [0.5, 0.6) is 6.01 Å². The lowest BCUT2D eigenvalue weighted by Gasteiger charge is -2.43. The van der Waals surface area contributed by atoms with Crippen molar-refractivity contribution >= 4 is 16.6 Å². The Morgan fingerprint density at radius 2 is 1.90 bits per heavy atom. The van der Waals surface area contributed by atoms with Gasteiger partial charge in [-0.2, -0.15) is 9.97 Å². The van der Waals surface area contributed by atoms with Gasteiger partial charge in [-0.3, -0.25) is 0 Å². The largest absolute Gasteiger partial charge is 0.462 e. The Bertz CT molecular complexity index is 1360. The molecule has 0 bridgehead atoms. The number of ether oxygens (including phenoxy) is 1. The van der Waals surface area contributed by atoms with E-state index in [1.807, 2.05) is 6.08 Å². The highest BCUT2D eigenvalue weighted by atomic mass is 16.5. The van der Waals surface area contributed by atoms with Crippen molar-refractivity contribution in [1.29, 1.82) is 0 Å². The highest BCUT2D eigenvalue weighted by Crippen LogP contribution is 2.40. The number of allylic oxidation sites excluding steroid dienone is 1. The summed E-state index contributed by atoms with van der Waals surface area (Å²) in [5.41, 5.74) is 6.22. The number of rotatable bonds is 10. The third kappa shape index (κ3) is 5.73. The third-order valence-corrected chi connectivity index (χ3v) is 8.88. The predicted octanol–water partition coefficient (Wildman–Crippen LogP) is 6.14. The van der Waals surface area contributed by atoms with Crippen molar-refractivity contribution in [3.63, 3.8) is 0 Å². The monoisotopic (exact) mass is 539 g/mol. The number of hydrogen-bond acceptors (Lipinski definition) is 6. The van der Waals surface area contributed by atoms with E-state index in [4.69, 9.17) is 14.7 Å². The predicted molar refractivity (Wildman–Crippen MR) is 166 cm³/mol. The average Bonchev–Trinajstić information content (AvgIpc) is 2.98. The Labute approximate surface area is 240 Å². The first-order valence-electron chi connectivity index (χ1n) is 15.0. The summed E-state index contributed by atoms with van der Waals surface area (Å²) >= 11 is 0. The number of nitrogens with zero attached hydrogens (tertiary/aromatic N) is 5. The van der Waals surface area contributed by atoms with Crippen LogP contribution in [0.25, 0.3) is 10.8 Å². The summed E-state index contributed by atoms with van der Waals surface area (Å²) in [6.45, 7) is 23.2. The normalized spacial score (nSPS) is 19.1. The van der Waals surface area contributed by atoms with E-state index in [0.717, 1.165) is 75.7 Å². The van der Waals surface area contributed by atoms with E-state index in [2.05, 4.69) is 92.0 Å². The SMILES string of the molecule is C=CC(=C)N1CCN(c2nc(OCCN(CC)CC)nc3c2CCC(c2cccc4cccc(C)c24)C3)C[C@@H]1C. The average molecular weight is 540 g/mol. The van der Waals surface area contributed by atoms with E-state index in [-0.39, 0.29) is 0 Å². The van der Waals surface area contributed by atoms with Gasteiger partial charge in [0.1, 0.15) is 12.4 Å². The minimum Gasteiger partial charge on any atom is -0.462 e. The molecule has 1 aromatic heterocycles. The van der Waals surface area contributed by atoms with Crippen molar-refractivity contribution in [3.8, 4) is 6.01 Å². The fourth-order valence-corrected chi connectivity index (χ4v) is 6.57. The van der Waals surface area contributed by atoms with E-state index in [1.54, 1.807) is 0 Å². The van der Waals surface area contributed by atoms with Crippen LogP contribution in [0.15, 0.2) is 61.3 Å². The first-order chi connectivity index (χ1) is 19.4. The molecule has 0 spiro atoms. The maximum Gasteiger partial charge on any atom is 0.318 e. The van der Waals surface area contributed by atoms with Crippen LogP contribution in [-0.4, -0.2) is 71.7 Å². The Morgan fingerprint density at radius 1 is 1.12 bits per heavy atom. The number of aromatic nitrogens is 2. The van der Waals surface area contributed by atoms with Gasteiger partial charge < -0.3 is 19.4 Å². The van der Waals surface area contributed by atoms with Crippen LogP contribution in [0.2, 0.25) is 0 Å². The number of anilines is 1. The second-order valence-corrected chi connectivity index (χ2v) is 11.3. The van der Waals surface area contributed by atoms with Crippen LogP contribution >= 0.6 is 0 Å². The van der Waals surface area contributed by atoms with E-state index in [1.165, 1.54) is 27.5 Å². The zero-order chi connectivity index (χ0) is 28.2. The van der Waals surface area contributed by atoms with Gasteiger partial charge in [-0.25, -0.2) is 0 Å².